The predicted octanol–water partition coefficient (Wildman–Crippen LogP) is 3.84. The average molecular weight is 241 g/mol. The van der Waals surface area contributed by atoms with Crippen LogP contribution >= 0.6 is 23.2 Å². The van der Waals surface area contributed by atoms with Gasteiger partial charge in [-0.05, 0) is 36.8 Å². The molecule has 0 bridgehead atoms. The molecular formula is C11H10Cl2N2. The Morgan fingerprint density at radius 1 is 1.33 bits per heavy atom. The molecule has 1 aromatic heterocycles. The second-order valence-corrected chi connectivity index (χ2v) is 4.56. The van der Waals surface area contributed by atoms with Gasteiger partial charge >= 0.3 is 0 Å². The minimum atomic E-state index is 0.231. The van der Waals surface area contributed by atoms with Crippen molar-refractivity contribution >= 4 is 23.2 Å². The van der Waals surface area contributed by atoms with E-state index in [9.17, 15) is 0 Å². The highest BCUT2D eigenvalue weighted by Crippen LogP contribution is 2.42. The maximum Gasteiger partial charge on any atom is 0.148 e. The summed E-state index contributed by atoms with van der Waals surface area (Å²) in [6.45, 7) is 1.90. The second kappa shape index (κ2) is 4.00. The smallest absolute Gasteiger partial charge is 0.148 e. The first-order valence-corrected chi connectivity index (χ1v) is 5.66. The fourth-order valence-electron chi connectivity index (χ4n) is 1.95. The maximum absolute atomic E-state index is 9.07. The first kappa shape index (κ1) is 10.7. The highest BCUT2D eigenvalue weighted by Gasteiger charge is 2.27. The maximum atomic E-state index is 9.07. The van der Waals surface area contributed by atoms with Crippen LogP contribution in [0.1, 0.15) is 41.9 Å². The van der Waals surface area contributed by atoms with Crippen molar-refractivity contribution in [2.24, 2.45) is 0 Å². The zero-order valence-electron chi connectivity index (χ0n) is 8.35. The van der Waals surface area contributed by atoms with Crippen LogP contribution in [-0.2, 0) is 0 Å². The van der Waals surface area contributed by atoms with E-state index >= 15 is 0 Å². The lowest BCUT2D eigenvalue weighted by molar-refractivity contribution is 0.417. The number of hydrogen-bond acceptors (Lipinski definition) is 2. The summed E-state index contributed by atoms with van der Waals surface area (Å²) < 4.78 is 0. The van der Waals surface area contributed by atoms with Crippen molar-refractivity contribution in [1.82, 2.24) is 4.98 Å². The standard InChI is InChI=1S/C11H10Cl2N2/c1-6-9(7-3-2-4-7)8(5-14)11(13)15-10(6)12/h7H,2-4H2,1H3. The lowest BCUT2D eigenvalue weighted by Gasteiger charge is -2.28. The lowest BCUT2D eigenvalue weighted by Crippen LogP contribution is -2.13. The summed E-state index contributed by atoms with van der Waals surface area (Å²) in [5, 5.41) is 9.71. The fourth-order valence-corrected chi connectivity index (χ4v) is 2.41. The molecule has 0 spiro atoms. The number of nitriles is 1. The average Bonchev–Trinajstić information content (AvgIpc) is 2.11. The van der Waals surface area contributed by atoms with Crippen LogP contribution in [0.2, 0.25) is 10.3 Å². The fraction of sp³-hybridized carbons (Fsp3) is 0.455. The molecule has 2 rings (SSSR count). The highest BCUT2D eigenvalue weighted by molar-refractivity contribution is 6.33. The van der Waals surface area contributed by atoms with Gasteiger partial charge in [-0.25, -0.2) is 4.98 Å². The van der Waals surface area contributed by atoms with Gasteiger partial charge in [0, 0.05) is 0 Å². The molecule has 2 nitrogen and oxygen atoms in total. The van der Waals surface area contributed by atoms with Crippen molar-refractivity contribution in [3.05, 3.63) is 27.0 Å². The molecule has 0 atom stereocenters. The number of rotatable bonds is 1. The van der Waals surface area contributed by atoms with E-state index in [1.807, 2.05) is 6.92 Å². The third-order valence-electron chi connectivity index (χ3n) is 3.01. The molecule has 1 heterocycles. The van der Waals surface area contributed by atoms with Crippen LogP contribution in [0, 0.1) is 18.3 Å². The van der Waals surface area contributed by atoms with Gasteiger partial charge in [-0.15, -0.1) is 0 Å². The first-order chi connectivity index (χ1) is 7.15. The molecule has 15 heavy (non-hydrogen) atoms. The molecule has 0 radical (unpaired) electrons. The van der Waals surface area contributed by atoms with E-state index in [0.29, 0.717) is 16.6 Å². The van der Waals surface area contributed by atoms with Gasteiger partial charge in [0.25, 0.3) is 0 Å². The Hall–Kier alpha value is -0.780. The van der Waals surface area contributed by atoms with Crippen LogP contribution in [0.25, 0.3) is 0 Å². The molecular weight excluding hydrogens is 231 g/mol. The van der Waals surface area contributed by atoms with E-state index in [0.717, 1.165) is 24.0 Å². The van der Waals surface area contributed by atoms with Gasteiger partial charge in [-0.1, -0.05) is 29.6 Å². The summed E-state index contributed by atoms with van der Waals surface area (Å²) in [4.78, 5) is 3.95. The first-order valence-electron chi connectivity index (χ1n) is 4.90. The molecule has 1 aliphatic carbocycles. The topological polar surface area (TPSA) is 36.7 Å². The molecule has 0 aliphatic heterocycles. The van der Waals surface area contributed by atoms with Crippen molar-refractivity contribution in [3.8, 4) is 6.07 Å². The normalized spacial score (nSPS) is 15.9. The summed E-state index contributed by atoms with van der Waals surface area (Å²) in [5.41, 5.74) is 2.42. The molecule has 1 aromatic rings. The molecule has 0 unspecified atom stereocenters. The predicted molar refractivity (Wildman–Crippen MR) is 60.3 cm³/mol. The lowest BCUT2D eigenvalue weighted by atomic mass is 9.77. The number of pyridine rings is 1. The summed E-state index contributed by atoms with van der Waals surface area (Å²) in [5.74, 6) is 0.442. The number of aromatic nitrogens is 1. The summed E-state index contributed by atoms with van der Waals surface area (Å²) in [6, 6.07) is 2.13. The number of halogens is 2. The second-order valence-electron chi connectivity index (χ2n) is 3.85. The molecule has 0 N–H and O–H groups in total. The van der Waals surface area contributed by atoms with Gasteiger partial charge < -0.3 is 0 Å². The number of nitrogens with zero attached hydrogens (tertiary/aromatic N) is 2. The Bertz CT molecular complexity index is 445. The largest absolute Gasteiger partial charge is 0.223 e. The van der Waals surface area contributed by atoms with Crippen molar-refractivity contribution in [2.45, 2.75) is 32.1 Å². The Kier molecular flexibility index (Phi) is 2.86. The van der Waals surface area contributed by atoms with E-state index in [1.54, 1.807) is 0 Å². The van der Waals surface area contributed by atoms with Crippen LogP contribution in [-0.4, -0.2) is 4.98 Å². The van der Waals surface area contributed by atoms with Gasteiger partial charge in [0.15, 0.2) is 0 Å². The molecule has 1 saturated carbocycles. The third-order valence-corrected chi connectivity index (χ3v) is 3.65. The quantitative estimate of drug-likeness (QED) is 0.700. The zero-order valence-corrected chi connectivity index (χ0v) is 9.86. The molecule has 0 saturated heterocycles. The van der Waals surface area contributed by atoms with E-state index in [2.05, 4.69) is 11.1 Å². The molecule has 78 valence electrons. The van der Waals surface area contributed by atoms with Crippen LogP contribution < -0.4 is 0 Å². The molecule has 1 aliphatic rings. The van der Waals surface area contributed by atoms with Gasteiger partial charge in [-0.3, -0.25) is 0 Å². The van der Waals surface area contributed by atoms with Gasteiger partial charge in [0.05, 0.1) is 5.56 Å². The van der Waals surface area contributed by atoms with Crippen molar-refractivity contribution in [3.63, 3.8) is 0 Å². The van der Waals surface area contributed by atoms with Gasteiger partial charge in [-0.2, -0.15) is 5.26 Å². The van der Waals surface area contributed by atoms with E-state index in [1.165, 1.54) is 6.42 Å². The van der Waals surface area contributed by atoms with Crippen LogP contribution in [0.5, 0.6) is 0 Å². The summed E-state index contributed by atoms with van der Waals surface area (Å²) in [7, 11) is 0. The molecule has 1 fully saturated rings. The molecule has 4 heteroatoms. The van der Waals surface area contributed by atoms with Crippen LogP contribution in [0.3, 0.4) is 0 Å². The van der Waals surface area contributed by atoms with Crippen molar-refractivity contribution in [2.75, 3.05) is 0 Å². The third kappa shape index (κ3) is 1.71. The van der Waals surface area contributed by atoms with E-state index < -0.39 is 0 Å². The minimum Gasteiger partial charge on any atom is -0.223 e. The van der Waals surface area contributed by atoms with E-state index in [-0.39, 0.29) is 5.15 Å². The highest BCUT2D eigenvalue weighted by atomic mass is 35.5. The van der Waals surface area contributed by atoms with Crippen molar-refractivity contribution < 1.29 is 0 Å². The van der Waals surface area contributed by atoms with Crippen molar-refractivity contribution in [1.29, 1.82) is 5.26 Å². The Labute approximate surface area is 98.8 Å². The monoisotopic (exact) mass is 240 g/mol. The molecule has 0 amide bonds. The SMILES string of the molecule is Cc1c(Cl)nc(Cl)c(C#N)c1C1CCC1. The van der Waals surface area contributed by atoms with E-state index in [4.69, 9.17) is 28.5 Å². The van der Waals surface area contributed by atoms with Crippen LogP contribution in [0.4, 0.5) is 0 Å². The van der Waals surface area contributed by atoms with Crippen LogP contribution in [0.15, 0.2) is 0 Å². The van der Waals surface area contributed by atoms with Gasteiger partial charge in [0.2, 0.25) is 0 Å². The Morgan fingerprint density at radius 3 is 2.47 bits per heavy atom. The summed E-state index contributed by atoms with van der Waals surface area (Å²) >= 11 is 11.9. The zero-order chi connectivity index (χ0) is 11.0. The Balaban J connectivity index is 2.62. The summed E-state index contributed by atoms with van der Waals surface area (Å²) in [6.07, 6.45) is 3.45. The Morgan fingerprint density at radius 2 is 2.00 bits per heavy atom. The minimum absolute atomic E-state index is 0.231. The number of hydrogen-bond donors (Lipinski definition) is 0. The van der Waals surface area contributed by atoms with Gasteiger partial charge in [0.1, 0.15) is 16.4 Å². The molecule has 0 aromatic carbocycles.